The fourth-order valence-electron chi connectivity index (χ4n) is 5.32. The summed E-state index contributed by atoms with van der Waals surface area (Å²) >= 11 is 0. The van der Waals surface area contributed by atoms with Crippen LogP contribution in [0.15, 0.2) is 54.6 Å². The first-order chi connectivity index (χ1) is 16.1. The molecule has 2 fully saturated rings. The summed E-state index contributed by atoms with van der Waals surface area (Å²) in [6, 6.07) is 13.2. The Balaban J connectivity index is 1.16. The van der Waals surface area contributed by atoms with E-state index in [9.17, 15) is 9.59 Å². The molecule has 2 aromatic carbocycles. The number of nitrogens with zero attached hydrogens (tertiary/aromatic N) is 1. The highest BCUT2D eigenvalue weighted by Crippen LogP contribution is 2.52. The van der Waals surface area contributed by atoms with Crippen LogP contribution in [0.1, 0.15) is 11.1 Å². The van der Waals surface area contributed by atoms with Crippen LogP contribution in [0.2, 0.25) is 0 Å². The van der Waals surface area contributed by atoms with E-state index in [0.29, 0.717) is 31.1 Å². The number of methoxy groups -OCH3 is 1. The van der Waals surface area contributed by atoms with Gasteiger partial charge in [0.15, 0.2) is 11.5 Å². The predicted octanol–water partition coefficient (Wildman–Crippen LogP) is 2.02. The van der Waals surface area contributed by atoms with Crippen LogP contribution < -0.4 is 19.5 Å². The summed E-state index contributed by atoms with van der Waals surface area (Å²) in [7, 11) is 1.61. The monoisotopic (exact) mass is 448 g/mol. The maximum Gasteiger partial charge on any atom is 0.231 e. The van der Waals surface area contributed by atoms with E-state index in [-0.39, 0.29) is 24.7 Å². The first-order valence-corrected chi connectivity index (χ1v) is 11.0. The molecule has 0 radical (unpaired) electrons. The second kappa shape index (κ2) is 7.52. The molecule has 8 nitrogen and oxygen atoms in total. The fraction of sp³-hybridized carbons (Fsp3) is 0.360. The van der Waals surface area contributed by atoms with Crippen molar-refractivity contribution in [3.05, 3.63) is 65.7 Å². The van der Waals surface area contributed by atoms with Gasteiger partial charge in [-0.05, 0) is 35.4 Å². The molecule has 4 aliphatic rings. The smallest absolute Gasteiger partial charge is 0.231 e. The van der Waals surface area contributed by atoms with E-state index in [0.717, 1.165) is 16.9 Å². The number of rotatable bonds is 6. The summed E-state index contributed by atoms with van der Waals surface area (Å²) in [5.41, 5.74) is 1.17. The largest absolute Gasteiger partial charge is 0.497 e. The SMILES string of the molecule is COc1ccc(CNC(=O)C2C3C(=O)N(Cc4ccc5c(c4)OCO5)C[C@]34C=C[C@@H]2O4)cc1. The van der Waals surface area contributed by atoms with Gasteiger partial charge >= 0.3 is 0 Å². The zero-order valence-electron chi connectivity index (χ0n) is 18.2. The van der Waals surface area contributed by atoms with Crippen molar-refractivity contribution in [2.45, 2.75) is 24.8 Å². The van der Waals surface area contributed by atoms with Gasteiger partial charge in [0, 0.05) is 13.1 Å². The summed E-state index contributed by atoms with van der Waals surface area (Å²) in [6.07, 6.45) is 3.51. The zero-order valence-corrected chi connectivity index (χ0v) is 18.2. The van der Waals surface area contributed by atoms with E-state index in [2.05, 4.69) is 5.32 Å². The number of carbonyl (C=O) groups is 2. The van der Waals surface area contributed by atoms with Crippen LogP contribution in [-0.4, -0.2) is 48.9 Å². The second-order valence-corrected chi connectivity index (χ2v) is 8.85. The standard InChI is InChI=1S/C25H24N2O6/c1-30-17-5-2-15(3-6-17)11-26-23(28)21-19-8-9-25(33-19)13-27(24(29)22(21)25)12-16-4-7-18-20(10-16)32-14-31-18/h2-10,19,21-22H,11-14H2,1H3,(H,26,28)/t19-,21?,22?,25+/m0/s1. The van der Waals surface area contributed by atoms with Gasteiger partial charge in [0.05, 0.1) is 31.6 Å². The molecule has 0 aliphatic carbocycles. The van der Waals surface area contributed by atoms with Gasteiger partial charge in [-0.1, -0.05) is 30.4 Å². The molecule has 2 saturated heterocycles. The van der Waals surface area contributed by atoms with Gasteiger partial charge < -0.3 is 29.2 Å². The fourth-order valence-corrected chi connectivity index (χ4v) is 5.32. The number of hydrogen-bond acceptors (Lipinski definition) is 6. The molecule has 2 unspecified atom stereocenters. The first kappa shape index (κ1) is 20.1. The summed E-state index contributed by atoms with van der Waals surface area (Å²) in [6.45, 7) is 1.44. The highest BCUT2D eigenvalue weighted by molar-refractivity contribution is 5.93. The average Bonchev–Trinajstić information content (AvgIpc) is 3.59. The van der Waals surface area contributed by atoms with Crippen LogP contribution in [0.4, 0.5) is 0 Å². The molecule has 4 atom stereocenters. The Morgan fingerprint density at radius 1 is 1.15 bits per heavy atom. The van der Waals surface area contributed by atoms with Gasteiger partial charge in [0.1, 0.15) is 11.4 Å². The lowest BCUT2D eigenvalue weighted by atomic mass is 9.77. The van der Waals surface area contributed by atoms with Crippen LogP contribution >= 0.6 is 0 Å². The Hall–Kier alpha value is -3.52. The van der Waals surface area contributed by atoms with E-state index in [1.807, 2.05) is 54.6 Å². The zero-order chi connectivity index (χ0) is 22.6. The van der Waals surface area contributed by atoms with Crippen LogP contribution in [0.25, 0.3) is 0 Å². The van der Waals surface area contributed by atoms with E-state index >= 15 is 0 Å². The lowest BCUT2D eigenvalue weighted by Gasteiger charge is -2.23. The lowest BCUT2D eigenvalue weighted by molar-refractivity contribution is -0.137. The molecule has 2 aromatic rings. The normalized spacial score (nSPS) is 28.3. The Kier molecular flexibility index (Phi) is 4.58. The number of likely N-dealkylation sites (tertiary alicyclic amines) is 1. The highest BCUT2D eigenvalue weighted by Gasteiger charge is 2.66. The average molecular weight is 448 g/mol. The number of nitrogens with one attached hydrogen (secondary N) is 1. The molecule has 1 N–H and O–H groups in total. The third-order valence-corrected chi connectivity index (χ3v) is 6.92. The summed E-state index contributed by atoms with van der Waals surface area (Å²) in [5, 5.41) is 2.99. The van der Waals surface area contributed by atoms with Crippen molar-refractivity contribution in [1.29, 1.82) is 0 Å². The molecule has 33 heavy (non-hydrogen) atoms. The van der Waals surface area contributed by atoms with Gasteiger partial charge in [-0.15, -0.1) is 0 Å². The summed E-state index contributed by atoms with van der Waals surface area (Å²) in [5.74, 6) is 0.887. The quantitative estimate of drug-likeness (QED) is 0.681. The first-order valence-electron chi connectivity index (χ1n) is 11.0. The van der Waals surface area contributed by atoms with E-state index in [1.165, 1.54) is 0 Å². The van der Waals surface area contributed by atoms with Gasteiger partial charge in [-0.2, -0.15) is 0 Å². The Bertz CT molecular complexity index is 1150. The molecule has 4 aliphatic heterocycles. The van der Waals surface area contributed by atoms with Crippen molar-refractivity contribution in [3.8, 4) is 17.2 Å². The van der Waals surface area contributed by atoms with Crippen LogP contribution in [-0.2, 0) is 27.4 Å². The summed E-state index contributed by atoms with van der Waals surface area (Å²) in [4.78, 5) is 28.4. The summed E-state index contributed by atoms with van der Waals surface area (Å²) < 4.78 is 22.2. The molecule has 0 saturated carbocycles. The van der Waals surface area contributed by atoms with Crippen molar-refractivity contribution in [3.63, 3.8) is 0 Å². The van der Waals surface area contributed by atoms with Crippen molar-refractivity contribution in [2.75, 3.05) is 20.4 Å². The predicted molar refractivity (Wildman–Crippen MR) is 117 cm³/mol. The third kappa shape index (κ3) is 3.24. The minimum Gasteiger partial charge on any atom is -0.497 e. The van der Waals surface area contributed by atoms with Crippen molar-refractivity contribution < 1.29 is 28.5 Å². The highest BCUT2D eigenvalue weighted by atomic mass is 16.7. The number of fused-ring (bicyclic) bond motifs is 2. The lowest BCUT2D eigenvalue weighted by Crippen LogP contribution is -2.43. The minimum absolute atomic E-state index is 0.0517. The Labute approximate surface area is 191 Å². The molecule has 1 spiro atoms. The number of amides is 2. The topological polar surface area (TPSA) is 86.3 Å². The molecule has 2 amide bonds. The van der Waals surface area contributed by atoms with Gasteiger partial charge in [-0.3, -0.25) is 9.59 Å². The third-order valence-electron chi connectivity index (χ3n) is 6.92. The second-order valence-electron chi connectivity index (χ2n) is 8.85. The molecular formula is C25H24N2O6. The molecule has 170 valence electrons. The number of benzene rings is 2. The van der Waals surface area contributed by atoms with Gasteiger partial charge in [0.25, 0.3) is 0 Å². The number of ether oxygens (including phenoxy) is 4. The van der Waals surface area contributed by atoms with Gasteiger partial charge in [-0.25, -0.2) is 0 Å². The van der Waals surface area contributed by atoms with E-state index in [4.69, 9.17) is 18.9 Å². The Morgan fingerprint density at radius 3 is 2.76 bits per heavy atom. The van der Waals surface area contributed by atoms with Crippen molar-refractivity contribution in [1.82, 2.24) is 10.2 Å². The van der Waals surface area contributed by atoms with Crippen LogP contribution in [0.3, 0.4) is 0 Å². The van der Waals surface area contributed by atoms with Crippen molar-refractivity contribution >= 4 is 11.8 Å². The van der Waals surface area contributed by atoms with Crippen LogP contribution in [0.5, 0.6) is 17.2 Å². The molecule has 6 rings (SSSR count). The number of hydrogen-bond donors (Lipinski definition) is 1. The maximum atomic E-state index is 13.4. The van der Waals surface area contributed by atoms with Gasteiger partial charge in [0.2, 0.25) is 18.6 Å². The van der Waals surface area contributed by atoms with Crippen molar-refractivity contribution in [2.24, 2.45) is 11.8 Å². The van der Waals surface area contributed by atoms with Crippen LogP contribution in [0, 0.1) is 11.8 Å². The maximum absolute atomic E-state index is 13.4. The van der Waals surface area contributed by atoms with E-state index < -0.39 is 17.4 Å². The molecule has 8 heteroatoms. The Morgan fingerprint density at radius 2 is 1.94 bits per heavy atom. The molecule has 0 aromatic heterocycles. The minimum atomic E-state index is -0.736. The van der Waals surface area contributed by atoms with E-state index in [1.54, 1.807) is 12.0 Å². The molecule has 4 heterocycles. The molecular weight excluding hydrogens is 424 g/mol. The number of carbonyl (C=O) groups excluding carboxylic acids is 2. The molecule has 2 bridgehead atoms.